The molecule has 0 spiro atoms. The van der Waals surface area contributed by atoms with Crippen molar-refractivity contribution in [3.05, 3.63) is 23.8 Å². The van der Waals surface area contributed by atoms with Crippen LogP contribution in [0.3, 0.4) is 0 Å². The maximum atomic E-state index is 11.2. The third-order valence-corrected chi connectivity index (χ3v) is 2.92. The van der Waals surface area contributed by atoms with E-state index in [-0.39, 0.29) is 10.0 Å². The van der Waals surface area contributed by atoms with Gasteiger partial charge in [0.15, 0.2) is 5.11 Å². The predicted octanol–water partition coefficient (Wildman–Crippen LogP) is 0.298. The number of sulfonamides is 1. The Morgan fingerprint density at radius 1 is 1.47 bits per heavy atom. The third-order valence-electron chi connectivity index (χ3n) is 1.76. The molecule has 1 rings (SSSR count). The number of hydrogen-bond donors (Lipinski definition) is 3. The minimum absolute atomic E-state index is 0.0590. The van der Waals surface area contributed by atoms with E-state index in [4.69, 9.17) is 10.9 Å². The van der Waals surface area contributed by atoms with Gasteiger partial charge in [0.25, 0.3) is 0 Å². The number of primary sulfonamides is 1. The molecule has 0 aliphatic heterocycles. The monoisotopic (exact) mass is 245 g/mol. The zero-order valence-electron chi connectivity index (χ0n) is 8.02. The van der Waals surface area contributed by atoms with Crippen molar-refractivity contribution in [3.63, 3.8) is 0 Å². The minimum atomic E-state index is -3.72. The van der Waals surface area contributed by atoms with Crippen LogP contribution < -0.4 is 16.2 Å². The van der Waals surface area contributed by atoms with Crippen LogP contribution in [0.2, 0.25) is 0 Å². The number of thiocarbonyl (C=S) groups is 1. The van der Waals surface area contributed by atoms with Gasteiger partial charge in [-0.3, -0.25) is 0 Å². The van der Waals surface area contributed by atoms with E-state index in [1.54, 1.807) is 19.1 Å². The molecule has 0 bridgehead atoms. The van der Waals surface area contributed by atoms with E-state index in [1.165, 1.54) is 6.07 Å². The van der Waals surface area contributed by atoms with Crippen LogP contribution in [0.15, 0.2) is 23.1 Å². The highest BCUT2D eigenvalue weighted by Gasteiger charge is 2.11. The van der Waals surface area contributed by atoms with Crippen molar-refractivity contribution in [2.24, 2.45) is 10.9 Å². The Bertz CT molecular complexity index is 497. The first-order valence-electron chi connectivity index (χ1n) is 4.00. The molecule has 0 aromatic heterocycles. The van der Waals surface area contributed by atoms with E-state index in [0.717, 1.165) is 0 Å². The highest BCUT2D eigenvalue weighted by atomic mass is 32.2. The van der Waals surface area contributed by atoms with Gasteiger partial charge in [0, 0.05) is 5.69 Å². The number of hydrogen-bond acceptors (Lipinski definition) is 3. The Labute approximate surface area is 93.5 Å². The minimum Gasteiger partial charge on any atom is -0.376 e. The molecule has 0 unspecified atom stereocenters. The molecule has 0 aliphatic carbocycles. The first-order valence-corrected chi connectivity index (χ1v) is 5.96. The Kier molecular flexibility index (Phi) is 3.28. The second-order valence-corrected chi connectivity index (χ2v) is 4.98. The first kappa shape index (κ1) is 11.9. The average molecular weight is 245 g/mol. The van der Waals surface area contributed by atoms with Crippen molar-refractivity contribution < 1.29 is 8.42 Å². The van der Waals surface area contributed by atoms with E-state index in [9.17, 15) is 8.42 Å². The van der Waals surface area contributed by atoms with Gasteiger partial charge in [0.2, 0.25) is 10.0 Å². The number of rotatable bonds is 2. The molecule has 0 heterocycles. The number of aryl methyl sites for hydroxylation is 1. The Balaban J connectivity index is 3.23. The quantitative estimate of drug-likeness (QED) is 0.651. The molecule has 5 nitrogen and oxygen atoms in total. The van der Waals surface area contributed by atoms with E-state index < -0.39 is 10.0 Å². The van der Waals surface area contributed by atoms with Gasteiger partial charge in [-0.25, -0.2) is 13.6 Å². The van der Waals surface area contributed by atoms with Gasteiger partial charge in [-0.15, -0.1) is 0 Å². The standard InChI is InChI=1S/C8H11N3O2S2/c1-5-2-3-6(11-8(9)14)4-7(5)15(10,12)13/h2-4H,1H3,(H3,9,11,14)(H2,10,12,13). The summed E-state index contributed by atoms with van der Waals surface area (Å²) in [4.78, 5) is 0.0590. The lowest BCUT2D eigenvalue weighted by Gasteiger charge is -2.07. The highest BCUT2D eigenvalue weighted by molar-refractivity contribution is 7.89. The molecule has 15 heavy (non-hydrogen) atoms. The van der Waals surface area contributed by atoms with Crippen LogP contribution >= 0.6 is 12.2 Å². The van der Waals surface area contributed by atoms with Crippen LogP contribution in [0.1, 0.15) is 5.56 Å². The van der Waals surface area contributed by atoms with Crippen LogP contribution in [0.5, 0.6) is 0 Å². The van der Waals surface area contributed by atoms with E-state index in [0.29, 0.717) is 11.3 Å². The lowest BCUT2D eigenvalue weighted by molar-refractivity contribution is 0.597. The molecular formula is C8H11N3O2S2. The number of nitrogens with one attached hydrogen (secondary N) is 1. The maximum absolute atomic E-state index is 11.2. The summed E-state index contributed by atoms with van der Waals surface area (Å²) in [7, 11) is -3.72. The maximum Gasteiger partial charge on any atom is 0.238 e. The lowest BCUT2D eigenvalue weighted by Crippen LogP contribution is -2.20. The fourth-order valence-electron chi connectivity index (χ4n) is 1.13. The van der Waals surface area contributed by atoms with Gasteiger partial charge in [-0.2, -0.15) is 0 Å². The predicted molar refractivity (Wildman–Crippen MR) is 63.0 cm³/mol. The van der Waals surface area contributed by atoms with Crippen molar-refractivity contribution >= 4 is 33.0 Å². The molecule has 1 aromatic carbocycles. The molecular weight excluding hydrogens is 234 g/mol. The topological polar surface area (TPSA) is 98.2 Å². The molecule has 0 aliphatic rings. The third kappa shape index (κ3) is 3.15. The summed E-state index contributed by atoms with van der Waals surface area (Å²) in [5.41, 5.74) is 6.33. The molecule has 5 N–H and O–H groups in total. The molecule has 1 aromatic rings. The van der Waals surface area contributed by atoms with Crippen LogP contribution in [0.25, 0.3) is 0 Å². The van der Waals surface area contributed by atoms with E-state index in [2.05, 4.69) is 17.5 Å². The zero-order chi connectivity index (χ0) is 11.6. The number of benzene rings is 1. The van der Waals surface area contributed by atoms with Crippen molar-refractivity contribution in [2.45, 2.75) is 11.8 Å². The van der Waals surface area contributed by atoms with E-state index in [1.807, 2.05) is 0 Å². The van der Waals surface area contributed by atoms with Gasteiger partial charge >= 0.3 is 0 Å². The van der Waals surface area contributed by atoms with Crippen LogP contribution in [0, 0.1) is 6.92 Å². The molecule has 0 radical (unpaired) electrons. The first-order chi connectivity index (χ1) is 6.80. The van der Waals surface area contributed by atoms with Crippen molar-refractivity contribution in [3.8, 4) is 0 Å². The fraction of sp³-hybridized carbons (Fsp3) is 0.125. The van der Waals surface area contributed by atoms with Crippen LogP contribution in [-0.2, 0) is 10.0 Å². The van der Waals surface area contributed by atoms with Crippen LogP contribution in [0.4, 0.5) is 5.69 Å². The van der Waals surface area contributed by atoms with Gasteiger partial charge in [-0.1, -0.05) is 6.07 Å². The van der Waals surface area contributed by atoms with Crippen LogP contribution in [-0.4, -0.2) is 13.5 Å². The van der Waals surface area contributed by atoms with Gasteiger partial charge < -0.3 is 11.1 Å². The van der Waals surface area contributed by atoms with Crippen molar-refractivity contribution in [1.29, 1.82) is 0 Å². The number of anilines is 1. The molecule has 82 valence electrons. The van der Waals surface area contributed by atoms with Gasteiger partial charge in [0.1, 0.15) is 0 Å². The zero-order valence-corrected chi connectivity index (χ0v) is 9.65. The largest absolute Gasteiger partial charge is 0.376 e. The average Bonchev–Trinajstić information content (AvgIpc) is 2.05. The Hall–Kier alpha value is -1.18. The summed E-state index contributed by atoms with van der Waals surface area (Å²) in [6, 6.07) is 4.69. The van der Waals surface area contributed by atoms with Crippen molar-refractivity contribution in [1.82, 2.24) is 0 Å². The Morgan fingerprint density at radius 3 is 2.53 bits per heavy atom. The molecule has 0 amide bonds. The van der Waals surface area contributed by atoms with Crippen molar-refractivity contribution in [2.75, 3.05) is 5.32 Å². The normalized spacial score (nSPS) is 11.1. The SMILES string of the molecule is Cc1ccc(NC(N)=S)cc1S(N)(=O)=O. The summed E-state index contributed by atoms with van der Waals surface area (Å²) < 4.78 is 22.4. The second kappa shape index (κ2) is 4.13. The Morgan fingerprint density at radius 2 is 2.07 bits per heavy atom. The highest BCUT2D eigenvalue weighted by Crippen LogP contribution is 2.18. The fourth-order valence-corrected chi connectivity index (χ4v) is 2.05. The molecule has 0 saturated carbocycles. The van der Waals surface area contributed by atoms with Gasteiger partial charge in [0.05, 0.1) is 4.90 Å². The second-order valence-electron chi connectivity index (χ2n) is 3.01. The molecule has 0 saturated heterocycles. The molecule has 7 heteroatoms. The molecule has 0 fully saturated rings. The number of nitrogens with two attached hydrogens (primary N) is 2. The summed E-state index contributed by atoms with van der Waals surface area (Å²) in [6.07, 6.45) is 0. The summed E-state index contributed by atoms with van der Waals surface area (Å²) in [6.45, 7) is 1.66. The van der Waals surface area contributed by atoms with Gasteiger partial charge in [-0.05, 0) is 36.8 Å². The smallest absolute Gasteiger partial charge is 0.238 e. The summed E-state index contributed by atoms with van der Waals surface area (Å²) in [5.74, 6) is 0. The summed E-state index contributed by atoms with van der Waals surface area (Å²) >= 11 is 4.63. The summed E-state index contributed by atoms with van der Waals surface area (Å²) in [5, 5.41) is 7.74. The van der Waals surface area contributed by atoms with E-state index >= 15 is 0 Å². The lowest BCUT2D eigenvalue weighted by atomic mass is 10.2. The molecule has 0 atom stereocenters.